The summed E-state index contributed by atoms with van der Waals surface area (Å²) < 4.78 is 12.5. The third kappa shape index (κ3) is 5.41. The van der Waals surface area contributed by atoms with Crippen LogP contribution in [0.1, 0.15) is 36.3 Å². The van der Waals surface area contributed by atoms with E-state index in [4.69, 9.17) is 14.1 Å². The van der Waals surface area contributed by atoms with Gasteiger partial charge in [0.1, 0.15) is 11.3 Å². The molecule has 1 unspecified atom stereocenters. The van der Waals surface area contributed by atoms with Gasteiger partial charge in [-0.2, -0.15) is 0 Å². The van der Waals surface area contributed by atoms with Gasteiger partial charge in [0, 0.05) is 23.6 Å². The quantitative estimate of drug-likeness (QED) is 0.189. The molecule has 0 radical (unpaired) electrons. The Morgan fingerprint density at radius 3 is 2.33 bits per heavy atom. The number of nitrogens with zero attached hydrogens (tertiary/aromatic N) is 2. The highest BCUT2D eigenvalue weighted by molar-refractivity contribution is 5.86. The number of fused-ring (bicyclic) bond motifs is 2. The van der Waals surface area contributed by atoms with E-state index in [1.165, 1.54) is 22.3 Å². The lowest BCUT2D eigenvalue weighted by atomic mass is 9.79. The van der Waals surface area contributed by atoms with Crippen LogP contribution in [0.25, 0.3) is 39.3 Å². The average Bonchev–Trinajstić information content (AvgIpc) is 3.60. The molecule has 6 aromatic rings. The van der Waals surface area contributed by atoms with Crippen LogP contribution in [0.3, 0.4) is 0 Å². The summed E-state index contributed by atoms with van der Waals surface area (Å²) in [4.78, 5) is 7.03. The van der Waals surface area contributed by atoms with Crippen LogP contribution < -0.4 is 9.64 Å². The van der Waals surface area contributed by atoms with Crippen molar-refractivity contribution in [1.82, 2.24) is 4.98 Å². The second kappa shape index (κ2) is 12.5. The summed E-state index contributed by atoms with van der Waals surface area (Å²) in [6.45, 7) is 0. The van der Waals surface area contributed by atoms with Crippen LogP contribution >= 0.6 is 0 Å². The van der Waals surface area contributed by atoms with Gasteiger partial charge >= 0.3 is 0 Å². The molecule has 9 rings (SSSR count). The molecule has 49 heavy (non-hydrogen) atoms. The molecule has 2 heterocycles. The first kappa shape index (κ1) is 29.0. The van der Waals surface area contributed by atoms with Gasteiger partial charge in [0.25, 0.3) is 0 Å². The molecule has 0 spiro atoms. The van der Waals surface area contributed by atoms with Gasteiger partial charge in [0.15, 0.2) is 11.3 Å². The van der Waals surface area contributed by atoms with Gasteiger partial charge < -0.3 is 14.1 Å². The largest absolute Gasteiger partial charge is 0.457 e. The zero-order chi connectivity index (χ0) is 32.6. The van der Waals surface area contributed by atoms with E-state index in [0.717, 1.165) is 70.1 Å². The maximum Gasteiger partial charge on any atom is 0.227 e. The monoisotopic (exact) mass is 634 g/mol. The predicted octanol–water partition coefficient (Wildman–Crippen LogP) is 11.9. The first-order chi connectivity index (χ1) is 24.3. The zero-order valence-electron chi connectivity index (χ0n) is 27.0. The van der Waals surface area contributed by atoms with Gasteiger partial charge in [0.2, 0.25) is 5.89 Å². The van der Waals surface area contributed by atoms with E-state index in [9.17, 15) is 0 Å². The molecule has 2 aliphatic carbocycles. The van der Waals surface area contributed by atoms with Gasteiger partial charge in [-0.05, 0) is 95.3 Å². The van der Waals surface area contributed by atoms with Crippen molar-refractivity contribution in [1.29, 1.82) is 0 Å². The number of oxazole rings is 1. The molecule has 0 saturated heterocycles. The van der Waals surface area contributed by atoms with E-state index >= 15 is 0 Å². The van der Waals surface area contributed by atoms with Gasteiger partial charge in [0.05, 0.1) is 11.4 Å². The minimum Gasteiger partial charge on any atom is -0.457 e. The predicted molar refractivity (Wildman–Crippen MR) is 200 cm³/mol. The van der Waals surface area contributed by atoms with Crippen LogP contribution in [0.5, 0.6) is 5.75 Å². The molecule has 3 aliphatic rings. The van der Waals surface area contributed by atoms with Crippen LogP contribution in [0, 0.1) is 0 Å². The summed E-state index contributed by atoms with van der Waals surface area (Å²) in [5.41, 5.74) is 12.2. The van der Waals surface area contributed by atoms with Gasteiger partial charge in [-0.15, -0.1) is 0 Å². The summed E-state index contributed by atoms with van der Waals surface area (Å²) in [7, 11) is 0. The van der Waals surface area contributed by atoms with Crippen LogP contribution in [0.4, 0.5) is 11.4 Å². The second-order valence-corrected chi connectivity index (χ2v) is 12.6. The SMILES string of the molecule is C1=CCC(c2ccc(N3C4=C(CCC=C/C=C\4)Oc4ccccc43)cc2)C(c2ccccc2-c2ccc(-c3nc4ccccc4o3)cc2)=C1. The van der Waals surface area contributed by atoms with E-state index in [1.807, 2.05) is 30.3 Å². The highest BCUT2D eigenvalue weighted by atomic mass is 16.5. The molecule has 0 fully saturated rings. The molecule has 1 aliphatic heterocycles. The molecule has 0 N–H and O–H groups in total. The molecule has 4 heteroatoms. The van der Waals surface area contributed by atoms with Crippen molar-refractivity contribution < 1.29 is 9.15 Å². The second-order valence-electron chi connectivity index (χ2n) is 12.6. The summed E-state index contributed by atoms with van der Waals surface area (Å²) in [6, 6.07) is 42.6. The van der Waals surface area contributed by atoms with E-state index in [-0.39, 0.29) is 5.92 Å². The van der Waals surface area contributed by atoms with Crippen molar-refractivity contribution in [3.8, 4) is 28.3 Å². The molecule has 1 aromatic heterocycles. The smallest absolute Gasteiger partial charge is 0.227 e. The molecular formula is C45H34N2O2. The first-order valence-corrected chi connectivity index (χ1v) is 17.0. The van der Waals surface area contributed by atoms with E-state index in [2.05, 4.69) is 138 Å². The zero-order valence-corrected chi connectivity index (χ0v) is 27.0. The Balaban J connectivity index is 1.04. The summed E-state index contributed by atoms with van der Waals surface area (Å²) in [6.07, 6.45) is 18.1. The number of para-hydroxylation sites is 4. The molecule has 1 atom stereocenters. The molecular weight excluding hydrogens is 601 g/mol. The Bertz CT molecular complexity index is 2300. The van der Waals surface area contributed by atoms with Crippen LogP contribution in [-0.4, -0.2) is 4.98 Å². The van der Waals surface area contributed by atoms with Crippen LogP contribution in [0.15, 0.2) is 180 Å². The van der Waals surface area contributed by atoms with Crippen molar-refractivity contribution in [2.45, 2.75) is 25.2 Å². The molecule has 5 aromatic carbocycles. The molecule has 0 bridgehead atoms. The Labute approximate surface area is 286 Å². The normalized spacial score (nSPS) is 17.5. The fourth-order valence-corrected chi connectivity index (χ4v) is 7.18. The third-order valence-electron chi connectivity index (χ3n) is 9.59. The summed E-state index contributed by atoms with van der Waals surface area (Å²) in [5, 5.41) is 0. The highest BCUT2D eigenvalue weighted by Gasteiger charge is 2.28. The van der Waals surface area contributed by atoms with Crippen LogP contribution in [0.2, 0.25) is 0 Å². The maximum atomic E-state index is 6.42. The highest BCUT2D eigenvalue weighted by Crippen LogP contribution is 2.46. The lowest BCUT2D eigenvalue weighted by molar-refractivity contribution is 0.391. The lowest BCUT2D eigenvalue weighted by Gasteiger charge is -2.34. The number of anilines is 2. The molecule has 4 nitrogen and oxygen atoms in total. The summed E-state index contributed by atoms with van der Waals surface area (Å²) >= 11 is 0. The minimum atomic E-state index is 0.234. The molecule has 0 saturated carbocycles. The van der Waals surface area contributed by atoms with Crippen molar-refractivity contribution >= 4 is 28.0 Å². The van der Waals surface area contributed by atoms with E-state index in [1.54, 1.807) is 0 Å². The Hall–Kier alpha value is -6.13. The van der Waals surface area contributed by atoms with Crippen molar-refractivity contribution in [3.05, 3.63) is 186 Å². The molecule has 0 amide bonds. The van der Waals surface area contributed by atoms with Crippen molar-refractivity contribution in [2.75, 3.05) is 4.90 Å². The number of hydrogen-bond acceptors (Lipinski definition) is 4. The van der Waals surface area contributed by atoms with E-state index < -0.39 is 0 Å². The lowest BCUT2D eigenvalue weighted by Crippen LogP contribution is -2.24. The Kier molecular flexibility index (Phi) is 7.39. The first-order valence-electron chi connectivity index (χ1n) is 17.0. The van der Waals surface area contributed by atoms with Gasteiger partial charge in [-0.25, -0.2) is 4.98 Å². The van der Waals surface area contributed by atoms with Crippen LogP contribution in [-0.2, 0) is 0 Å². The standard InChI is InChI=1S/C45H34N2O2/c1-2-4-21-43-40(18-3-1)47(41-19-10-12-22-44(41)48-43)34-29-27-32(28-30-34)36-14-6-8-16-38(36)37-15-7-5-13-35(37)31-23-25-33(26-24-31)45-46-39-17-9-11-20-42(39)49-45/h1-3,5-13,15-20,22-30,36H,4,14,21H2/b2-1?,18-3-. The minimum absolute atomic E-state index is 0.234. The fraction of sp³-hybridized carbons (Fsp3) is 0.0889. The number of allylic oxidation sites excluding steroid dienone is 9. The van der Waals surface area contributed by atoms with Crippen molar-refractivity contribution in [2.24, 2.45) is 0 Å². The number of benzene rings is 5. The topological polar surface area (TPSA) is 38.5 Å². The Morgan fingerprint density at radius 1 is 0.673 bits per heavy atom. The van der Waals surface area contributed by atoms with Gasteiger partial charge in [-0.1, -0.05) is 109 Å². The molecule has 236 valence electrons. The van der Waals surface area contributed by atoms with Gasteiger partial charge in [-0.3, -0.25) is 0 Å². The number of aromatic nitrogens is 1. The Morgan fingerprint density at radius 2 is 1.45 bits per heavy atom. The number of hydrogen-bond donors (Lipinski definition) is 0. The average molecular weight is 635 g/mol. The number of rotatable bonds is 5. The maximum absolute atomic E-state index is 6.42. The van der Waals surface area contributed by atoms with E-state index in [0.29, 0.717) is 5.89 Å². The van der Waals surface area contributed by atoms with Crippen molar-refractivity contribution in [3.63, 3.8) is 0 Å². The summed E-state index contributed by atoms with van der Waals surface area (Å²) in [5.74, 6) is 2.77. The number of ether oxygens (including phenoxy) is 1. The fourth-order valence-electron chi connectivity index (χ4n) is 7.18. The third-order valence-corrected chi connectivity index (χ3v) is 9.59.